The van der Waals surface area contributed by atoms with Crippen LogP contribution in [0.2, 0.25) is 0 Å². The topological polar surface area (TPSA) is 26.0 Å². The van der Waals surface area contributed by atoms with Crippen LogP contribution in [0.4, 0.5) is 13.2 Å². The van der Waals surface area contributed by atoms with Gasteiger partial charge in [0, 0.05) is 4.47 Å². The first-order valence-electron chi connectivity index (χ1n) is 3.91. The predicted octanol–water partition coefficient (Wildman–Crippen LogP) is 3.32. The van der Waals surface area contributed by atoms with Crippen molar-refractivity contribution >= 4 is 15.9 Å². The van der Waals surface area contributed by atoms with Crippen LogP contribution in [0.1, 0.15) is 17.2 Å². The zero-order valence-corrected chi connectivity index (χ0v) is 8.98. The normalized spacial score (nSPS) is 14.1. The molecule has 5 heteroatoms. The van der Waals surface area contributed by atoms with Gasteiger partial charge >= 0.3 is 6.18 Å². The van der Waals surface area contributed by atoms with Crippen molar-refractivity contribution in [1.29, 1.82) is 0 Å². The van der Waals surface area contributed by atoms with Crippen molar-refractivity contribution < 1.29 is 13.2 Å². The number of rotatable bonds is 1. The first-order valence-corrected chi connectivity index (χ1v) is 4.70. The zero-order valence-electron chi connectivity index (χ0n) is 7.40. The molecule has 0 spiro atoms. The molecule has 1 aromatic carbocycles. The van der Waals surface area contributed by atoms with E-state index in [4.69, 9.17) is 5.73 Å². The summed E-state index contributed by atoms with van der Waals surface area (Å²) in [5, 5.41) is 0. The average molecular weight is 268 g/mol. The van der Waals surface area contributed by atoms with Crippen LogP contribution < -0.4 is 5.73 Å². The lowest BCUT2D eigenvalue weighted by Crippen LogP contribution is -2.29. The molecule has 2 N–H and O–H groups in total. The Morgan fingerprint density at radius 1 is 1.36 bits per heavy atom. The van der Waals surface area contributed by atoms with Gasteiger partial charge in [0.1, 0.15) is 6.04 Å². The van der Waals surface area contributed by atoms with Crippen molar-refractivity contribution in [3.05, 3.63) is 33.8 Å². The SMILES string of the molecule is Cc1c(Br)cccc1[C@H](N)C(F)(F)F. The minimum atomic E-state index is -4.40. The van der Waals surface area contributed by atoms with Crippen molar-refractivity contribution in [2.75, 3.05) is 0 Å². The third kappa shape index (κ3) is 2.27. The molecule has 0 amide bonds. The van der Waals surface area contributed by atoms with Crippen molar-refractivity contribution in [3.63, 3.8) is 0 Å². The third-order valence-electron chi connectivity index (χ3n) is 2.00. The highest BCUT2D eigenvalue weighted by Gasteiger charge is 2.38. The lowest BCUT2D eigenvalue weighted by molar-refractivity contribution is -0.149. The van der Waals surface area contributed by atoms with Gasteiger partial charge in [-0.3, -0.25) is 0 Å². The molecule has 78 valence electrons. The first kappa shape index (κ1) is 11.5. The summed E-state index contributed by atoms with van der Waals surface area (Å²) < 4.78 is 37.6. The van der Waals surface area contributed by atoms with Gasteiger partial charge in [-0.15, -0.1) is 0 Å². The Morgan fingerprint density at radius 3 is 2.43 bits per heavy atom. The van der Waals surface area contributed by atoms with E-state index in [2.05, 4.69) is 15.9 Å². The number of halogens is 4. The summed E-state index contributed by atoms with van der Waals surface area (Å²) in [6.07, 6.45) is -4.40. The minimum absolute atomic E-state index is 0.104. The molecule has 0 aliphatic heterocycles. The van der Waals surface area contributed by atoms with Gasteiger partial charge in [0.15, 0.2) is 0 Å². The van der Waals surface area contributed by atoms with Gasteiger partial charge in [-0.05, 0) is 24.1 Å². The molecular formula is C9H9BrF3N. The summed E-state index contributed by atoms with van der Waals surface area (Å²) >= 11 is 3.16. The van der Waals surface area contributed by atoms with Crippen molar-refractivity contribution in [2.24, 2.45) is 5.73 Å². The fourth-order valence-corrected chi connectivity index (χ4v) is 1.52. The molecule has 0 bridgehead atoms. The molecule has 0 aliphatic carbocycles. The van der Waals surface area contributed by atoms with E-state index in [0.29, 0.717) is 10.0 Å². The lowest BCUT2D eigenvalue weighted by Gasteiger charge is -2.18. The lowest BCUT2D eigenvalue weighted by atomic mass is 10.0. The molecule has 1 aromatic rings. The predicted molar refractivity (Wildman–Crippen MR) is 51.9 cm³/mol. The second kappa shape index (κ2) is 3.90. The van der Waals surface area contributed by atoms with Gasteiger partial charge in [0.25, 0.3) is 0 Å². The number of benzene rings is 1. The molecule has 0 aromatic heterocycles. The molecule has 0 heterocycles. The summed E-state index contributed by atoms with van der Waals surface area (Å²) in [7, 11) is 0. The van der Waals surface area contributed by atoms with E-state index < -0.39 is 12.2 Å². The fraction of sp³-hybridized carbons (Fsp3) is 0.333. The molecule has 0 aliphatic rings. The smallest absolute Gasteiger partial charge is 0.316 e. The Labute approximate surface area is 88.2 Å². The van der Waals surface area contributed by atoms with E-state index in [1.807, 2.05) is 0 Å². The van der Waals surface area contributed by atoms with E-state index in [0.717, 1.165) is 0 Å². The zero-order chi connectivity index (χ0) is 10.9. The summed E-state index contributed by atoms with van der Waals surface area (Å²) in [5.74, 6) is 0. The van der Waals surface area contributed by atoms with Crippen LogP contribution >= 0.6 is 15.9 Å². The fourth-order valence-electron chi connectivity index (χ4n) is 1.14. The second-order valence-corrected chi connectivity index (χ2v) is 3.83. The molecule has 1 rings (SSSR count). The van der Waals surface area contributed by atoms with Gasteiger partial charge in [0.2, 0.25) is 0 Å². The van der Waals surface area contributed by atoms with Crippen LogP contribution in [-0.4, -0.2) is 6.18 Å². The molecule has 0 saturated carbocycles. The maximum atomic E-state index is 12.3. The van der Waals surface area contributed by atoms with Crippen LogP contribution in [0.5, 0.6) is 0 Å². The molecular weight excluding hydrogens is 259 g/mol. The summed E-state index contributed by atoms with van der Waals surface area (Å²) in [5.41, 5.74) is 5.72. The van der Waals surface area contributed by atoms with Gasteiger partial charge in [-0.2, -0.15) is 13.2 Å². The van der Waals surface area contributed by atoms with Gasteiger partial charge in [-0.25, -0.2) is 0 Å². The Hall–Kier alpha value is -0.550. The molecule has 0 fully saturated rings. The van der Waals surface area contributed by atoms with Crippen LogP contribution in [0, 0.1) is 6.92 Å². The quantitative estimate of drug-likeness (QED) is 0.830. The molecule has 14 heavy (non-hydrogen) atoms. The number of nitrogens with two attached hydrogens (primary N) is 1. The van der Waals surface area contributed by atoms with Crippen molar-refractivity contribution in [1.82, 2.24) is 0 Å². The Morgan fingerprint density at radius 2 is 1.93 bits per heavy atom. The van der Waals surface area contributed by atoms with Crippen molar-refractivity contribution in [3.8, 4) is 0 Å². The number of hydrogen-bond acceptors (Lipinski definition) is 1. The maximum absolute atomic E-state index is 12.3. The van der Waals surface area contributed by atoms with Gasteiger partial charge in [0.05, 0.1) is 0 Å². The Bertz CT molecular complexity index is 335. The van der Waals surface area contributed by atoms with E-state index in [1.54, 1.807) is 13.0 Å². The average Bonchev–Trinajstić information content (AvgIpc) is 2.07. The van der Waals surface area contributed by atoms with Crippen LogP contribution in [0.3, 0.4) is 0 Å². The second-order valence-electron chi connectivity index (χ2n) is 2.97. The highest BCUT2D eigenvalue weighted by Crippen LogP contribution is 2.33. The van der Waals surface area contributed by atoms with E-state index in [9.17, 15) is 13.2 Å². The summed E-state index contributed by atoms with van der Waals surface area (Å²) in [4.78, 5) is 0. The number of hydrogen-bond donors (Lipinski definition) is 1. The van der Waals surface area contributed by atoms with Crippen LogP contribution in [0.25, 0.3) is 0 Å². The monoisotopic (exact) mass is 267 g/mol. The van der Waals surface area contributed by atoms with Gasteiger partial charge < -0.3 is 5.73 Å². The molecule has 0 radical (unpaired) electrons. The molecule has 1 atom stereocenters. The van der Waals surface area contributed by atoms with Crippen LogP contribution in [0.15, 0.2) is 22.7 Å². The first-order chi connectivity index (χ1) is 6.34. The van der Waals surface area contributed by atoms with E-state index in [1.165, 1.54) is 12.1 Å². The highest BCUT2D eigenvalue weighted by molar-refractivity contribution is 9.10. The standard InChI is InChI=1S/C9H9BrF3N/c1-5-6(3-2-4-7(5)10)8(14)9(11,12)13/h2-4,8H,14H2,1H3/t8-/m0/s1. The Kier molecular flexibility index (Phi) is 3.21. The van der Waals surface area contributed by atoms with E-state index in [-0.39, 0.29) is 5.56 Å². The highest BCUT2D eigenvalue weighted by atomic mass is 79.9. The minimum Gasteiger partial charge on any atom is -0.316 e. The summed E-state index contributed by atoms with van der Waals surface area (Å²) in [6, 6.07) is 2.69. The Balaban J connectivity index is 3.14. The largest absolute Gasteiger partial charge is 0.407 e. The van der Waals surface area contributed by atoms with Crippen LogP contribution in [-0.2, 0) is 0 Å². The molecule has 1 nitrogen and oxygen atoms in total. The van der Waals surface area contributed by atoms with E-state index >= 15 is 0 Å². The van der Waals surface area contributed by atoms with Crippen molar-refractivity contribution in [2.45, 2.75) is 19.1 Å². The summed E-state index contributed by atoms with van der Waals surface area (Å²) in [6.45, 7) is 1.60. The van der Waals surface area contributed by atoms with Gasteiger partial charge in [-0.1, -0.05) is 28.1 Å². The molecule has 0 unspecified atom stereocenters. The third-order valence-corrected chi connectivity index (χ3v) is 2.86. The maximum Gasteiger partial charge on any atom is 0.407 e. The number of alkyl halides is 3. The molecule has 0 saturated heterocycles.